The number of ether oxygens (including phenoxy) is 1. The summed E-state index contributed by atoms with van der Waals surface area (Å²) in [6, 6.07) is 5.03. The molecule has 1 saturated heterocycles. The van der Waals surface area contributed by atoms with E-state index in [-0.39, 0.29) is 29.0 Å². The molecule has 0 unspecified atom stereocenters. The Morgan fingerprint density at radius 2 is 1.80 bits per heavy atom. The zero-order valence-electron chi connectivity index (χ0n) is 27.5. The molecule has 2 fully saturated rings. The molecular weight excluding hydrogens is 574 g/mol. The standard InChI is InChI=1S/C33H47N5O5Si/c1-20-17-38(18-25(37-31(40)42-32(2,3)4)29(20)43-44(8,9)33(5,6)7)26-14-15-34-16-24(26)36-30(39)23-12-13-27-28(35-23)22(19-41-27)21-10-11-21/h12-16,19-21,25,29H,10-11,17-18H2,1-9H3,(H,36,39)(H,37,40)/t20-,25+,29+/m0/s1. The van der Waals surface area contributed by atoms with E-state index in [2.05, 4.69) is 66.3 Å². The molecule has 44 heavy (non-hydrogen) atoms. The lowest BCUT2D eigenvalue weighted by Crippen LogP contribution is -2.63. The molecule has 1 saturated carbocycles. The van der Waals surface area contributed by atoms with Crippen molar-refractivity contribution in [2.75, 3.05) is 23.3 Å². The number of pyridine rings is 2. The first-order valence-electron chi connectivity index (χ1n) is 15.6. The van der Waals surface area contributed by atoms with E-state index >= 15 is 0 Å². The average molecular weight is 622 g/mol. The van der Waals surface area contributed by atoms with Crippen LogP contribution in [0.5, 0.6) is 0 Å². The van der Waals surface area contributed by atoms with Crippen molar-refractivity contribution in [3.05, 3.63) is 48.1 Å². The van der Waals surface area contributed by atoms with E-state index in [1.54, 1.807) is 30.8 Å². The molecule has 0 bridgehead atoms. The summed E-state index contributed by atoms with van der Waals surface area (Å²) in [5, 5.41) is 6.18. The molecule has 1 aliphatic carbocycles. The minimum Gasteiger partial charge on any atom is -0.462 e. The molecule has 0 aromatic carbocycles. The van der Waals surface area contributed by atoms with Gasteiger partial charge in [0.15, 0.2) is 13.9 Å². The first-order chi connectivity index (χ1) is 20.5. The number of carbonyl (C=O) groups excluding carboxylic acids is 2. The molecule has 3 aromatic heterocycles. The van der Waals surface area contributed by atoms with Crippen molar-refractivity contribution in [3.63, 3.8) is 0 Å². The number of nitrogens with one attached hydrogen (secondary N) is 2. The monoisotopic (exact) mass is 621 g/mol. The summed E-state index contributed by atoms with van der Waals surface area (Å²) in [5.74, 6) is 0.206. The van der Waals surface area contributed by atoms with Gasteiger partial charge in [0.05, 0.1) is 36.0 Å². The highest BCUT2D eigenvalue weighted by Gasteiger charge is 2.45. The fourth-order valence-electron chi connectivity index (χ4n) is 5.45. The van der Waals surface area contributed by atoms with Crippen LogP contribution in [-0.4, -0.2) is 61.1 Å². The quantitative estimate of drug-likeness (QED) is 0.268. The molecule has 11 heteroatoms. The third-order valence-corrected chi connectivity index (χ3v) is 13.4. The smallest absolute Gasteiger partial charge is 0.408 e. The normalized spacial score (nSPS) is 21.3. The maximum atomic E-state index is 13.5. The van der Waals surface area contributed by atoms with Crippen molar-refractivity contribution in [1.29, 1.82) is 0 Å². The van der Waals surface area contributed by atoms with Crippen LogP contribution in [0.4, 0.5) is 16.2 Å². The van der Waals surface area contributed by atoms with Crippen molar-refractivity contribution in [1.82, 2.24) is 15.3 Å². The van der Waals surface area contributed by atoms with Crippen molar-refractivity contribution in [3.8, 4) is 0 Å². The number of aromatic nitrogens is 2. The second-order valence-electron chi connectivity index (χ2n) is 14.8. The zero-order valence-corrected chi connectivity index (χ0v) is 28.5. The maximum absolute atomic E-state index is 13.5. The minimum atomic E-state index is -2.16. The first-order valence-corrected chi connectivity index (χ1v) is 18.5. The number of hydrogen-bond donors (Lipinski definition) is 2. The van der Waals surface area contributed by atoms with Crippen LogP contribution < -0.4 is 15.5 Å². The number of piperidine rings is 1. The molecule has 4 heterocycles. The molecule has 238 valence electrons. The third-order valence-electron chi connectivity index (χ3n) is 8.90. The van der Waals surface area contributed by atoms with Gasteiger partial charge in [-0.05, 0) is 75.9 Å². The molecule has 2 N–H and O–H groups in total. The predicted molar refractivity (Wildman–Crippen MR) is 175 cm³/mol. The Bertz CT molecular complexity index is 1520. The number of alkyl carbamates (subject to hydrolysis) is 1. The largest absolute Gasteiger partial charge is 0.462 e. The van der Waals surface area contributed by atoms with Gasteiger partial charge in [0.25, 0.3) is 5.91 Å². The van der Waals surface area contributed by atoms with Gasteiger partial charge < -0.3 is 29.1 Å². The number of anilines is 2. The summed E-state index contributed by atoms with van der Waals surface area (Å²) in [5.41, 5.74) is 3.57. The maximum Gasteiger partial charge on any atom is 0.408 e. The van der Waals surface area contributed by atoms with Gasteiger partial charge in [-0.25, -0.2) is 9.78 Å². The van der Waals surface area contributed by atoms with Gasteiger partial charge in [-0.15, -0.1) is 0 Å². The lowest BCUT2D eigenvalue weighted by atomic mass is 9.92. The van der Waals surface area contributed by atoms with E-state index in [0.717, 1.165) is 29.6 Å². The highest BCUT2D eigenvalue weighted by molar-refractivity contribution is 6.74. The molecule has 10 nitrogen and oxygen atoms in total. The van der Waals surface area contributed by atoms with Gasteiger partial charge >= 0.3 is 6.09 Å². The summed E-state index contributed by atoms with van der Waals surface area (Å²) in [6.07, 6.45) is 6.68. The topological polar surface area (TPSA) is 119 Å². The van der Waals surface area contributed by atoms with E-state index in [9.17, 15) is 9.59 Å². The number of fused-ring (bicyclic) bond motifs is 1. The lowest BCUT2D eigenvalue weighted by Gasteiger charge is -2.48. The highest BCUT2D eigenvalue weighted by atomic mass is 28.4. The van der Waals surface area contributed by atoms with Crippen LogP contribution in [0.15, 0.2) is 41.3 Å². The van der Waals surface area contributed by atoms with Gasteiger partial charge in [-0.1, -0.05) is 27.7 Å². The molecule has 3 atom stereocenters. The molecule has 2 amide bonds. The van der Waals surface area contributed by atoms with Gasteiger partial charge in [0.1, 0.15) is 16.8 Å². The SMILES string of the molecule is C[C@H]1CN(c2ccncc2NC(=O)c2ccc3occ(C4CC4)c3n2)C[C@@H](NC(=O)OC(C)(C)C)[C@@H]1O[Si](C)(C)C(C)(C)C. The summed E-state index contributed by atoms with van der Waals surface area (Å²) in [7, 11) is -2.16. The Kier molecular flexibility index (Phi) is 8.58. The van der Waals surface area contributed by atoms with Gasteiger partial charge in [-0.3, -0.25) is 9.78 Å². The first kappa shape index (κ1) is 32.0. The van der Waals surface area contributed by atoms with Crippen molar-refractivity contribution in [2.24, 2.45) is 5.92 Å². The van der Waals surface area contributed by atoms with Gasteiger partial charge in [0.2, 0.25) is 0 Å². The zero-order chi connectivity index (χ0) is 32.0. The molecule has 0 spiro atoms. The summed E-state index contributed by atoms with van der Waals surface area (Å²) < 4.78 is 18.3. The van der Waals surface area contributed by atoms with Crippen molar-refractivity contribution >= 4 is 42.8 Å². The van der Waals surface area contributed by atoms with Crippen LogP contribution >= 0.6 is 0 Å². The van der Waals surface area contributed by atoms with Crippen LogP contribution in [0.2, 0.25) is 18.1 Å². The number of furan rings is 1. The molecule has 5 rings (SSSR count). The Morgan fingerprint density at radius 3 is 2.45 bits per heavy atom. The minimum absolute atomic E-state index is 0.00973. The van der Waals surface area contributed by atoms with Crippen LogP contribution in [0.3, 0.4) is 0 Å². The Labute approximate surface area is 261 Å². The molecule has 3 aromatic rings. The van der Waals surface area contributed by atoms with Crippen LogP contribution in [-0.2, 0) is 9.16 Å². The fourth-order valence-corrected chi connectivity index (χ4v) is 6.88. The number of hydrogen-bond acceptors (Lipinski definition) is 8. The Balaban J connectivity index is 1.39. The van der Waals surface area contributed by atoms with Crippen molar-refractivity contribution in [2.45, 2.75) is 103 Å². The van der Waals surface area contributed by atoms with E-state index in [4.69, 9.17) is 13.6 Å². The second kappa shape index (κ2) is 11.8. The second-order valence-corrected chi connectivity index (χ2v) is 19.6. The highest BCUT2D eigenvalue weighted by Crippen LogP contribution is 2.43. The van der Waals surface area contributed by atoms with Gasteiger partial charge in [0, 0.05) is 30.8 Å². The summed E-state index contributed by atoms with van der Waals surface area (Å²) >= 11 is 0. The van der Waals surface area contributed by atoms with Gasteiger partial charge in [-0.2, -0.15) is 0 Å². The van der Waals surface area contributed by atoms with E-state index in [1.165, 1.54) is 0 Å². The Morgan fingerprint density at radius 1 is 1.07 bits per heavy atom. The van der Waals surface area contributed by atoms with Crippen LogP contribution in [0.25, 0.3) is 11.1 Å². The molecular formula is C33H47N5O5Si. The lowest BCUT2D eigenvalue weighted by molar-refractivity contribution is 0.0336. The summed E-state index contributed by atoms with van der Waals surface area (Å²) in [4.78, 5) is 37.7. The average Bonchev–Trinajstić information content (AvgIpc) is 3.67. The fraction of sp³-hybridized carbons (Fsp3) is 0.576. The third kappa shape index (κ3) is 7.09. The van der Waals surface area contributed by atoms with E-state index in [1.807, 2.05) is 26.8 Å². The number of rotatable bonds is 7. The molecule has 1 aliphatic heterocycles. The van der Waals surface area contributed by atoms with E-state index < -0.39 is 20.0 Å². The van der Waals surface area contributed by atoms with E-state index in [0.29, 0.717) is 36.0 Å². The summed E-state index contributed by atoms with van der Waals surface area (Å²) in [6.45, 7) is 20.0. The van der Waals surface area contributed by atoms with Crippen molar-refractivity contribution < 1.29 is 23.2 Å². The number of carbonyl (C=O) groups is 2. The Hall–Kier alpha value is -3.44. The number of amides is 2. The molecule has 0 radical (unpaired) electrons. The number of nitrogens with zero attached hydrogens (tertiary/aromatic N) is 3. The predicted octanol–water partition coefficient (Wildman–Crippen LogP) is 7.09. The van der Waals surface area contributed by atoms with Crippen LogP contribution in [0.1, 0.15) is 83.3 Å². The van der Waals surface area contributed by atoms with Crippen LogP contribution in [0, 0.1) is 5.92 Å². The molecule has 2 aliphatic rings.